The molecule has 0 amide bonds. The molecule has 0 atom stereocenters. The van der Waals surface area contributed by atoms with Crippen LogP contribution in [0.5, 0.6) is 11.5 Å². The minimum Gasteiger partial charge on any atom is -0.494 e. The Kier molecular flexibility index (Phi) is 14.5. The van der Waals surface area contributed by atoms with Crippen molar-refractivity contribution in [2.45, 2.75) is 71.1 Å². The van der Waals surface area contributed by atoms with Crippen LogP contribution in [0.2, 0.25) is 0 Å². The van der Waals surface area contributed by atoms with E-state index in [1.807, 2.05) is 12.1 Å². The molecule has 0 aromatic heterocycles. The Morgan fingerprint density at radius 1 is 0.690 bits per heavy atom. The Labute approximate surface area is 250 Å². The molecule has 3 aromatic carbocycles. The highest BCUT2D eigenvalue weighted by Gasteiger charge is 2.09. The molecular formula is C37H42O5. The number of hydrogen-bond donors (Lipinski definition) is 0. The second kappa shape index (κ2) is 18.9. The first-order valence-electron chi connectivity index (χ1n) is 15.0. The number of aryl methyl sites for hydroxylation is 1. The molecule has 0 saturated heterocycles. The topological polar surface area (TPSA) is 61.8 Å². The molecule has 0 aliphatic carbocycles. The predicted molar refractivity (Wildman–Crippen MR) is 168 cm³/mol. The average molecular weight is 567 g/mol. The molecule has 0 N–H and O–H groups in total. The summed E-state index contributed by atoms with van der Waals surface area (Å²) in [6.45, 7) is 6.60. The van der Waals surface area contributed by atoms with Gasteiger partial charge < -0.3 is 14.2 Å². The molecule has 3 aromatic rings. The van der Waals surface area contributed by atoms with Crippen LogP contribution >= 0.6 is 0 Å². The van der Waals surface area contributed by atoms with Gasteiger partial charge in [-0.05, 0) is 105 Å². The highest BCUT2D eigenvalue weighted by Crippen LogP contribution is 2.17. The van der Waals surface area contributed by atoms with Gasteiger partial charge in [0.25, 0.3) is 0 Å². The minimum atomic E-state index is -0.428. The second-order valence-corrected chi connectivity index (χ2v) is 10.2. The molecule has 0 saturated carbocycles. The van der Waals surface area contributed by atoms with Crippen molar-refractivity contribution >= 4 is 11.9 Å². The molecule has 5 heteroatoms. The van der Waals surface area contributed by atoms with E-state index < -0.39 is 5.97 Å². The van der Waals surface area contributed by atoms with Crippen LogP contribution < -0.4 is 9.47 Å². The van der Waals surface area contributed by atoms with E-state index in [1.54, 1.807) is 36.4 Å². The van der Waals surface area contributed by atoms with E-state index >= 15 is 0 Å². The number of carbonyl (C=O) groups excluding carboxylic acids is 2. The van der Waals surface area contributed by atoms with Crippen molar-refractivity contribution < 1.29 is 23.8 Å². The fourth-order valence-electron chi connectivity index (χ4n) is 4.27. The SMILES string of the molecule is C=CC(=O)OCCCCCCOc1ccc(C(=O)Oc2ccc(C#Cc3ccc(CCCCCCC)cc3)cc2)cc1. The lowest BCUT2D eigenvalue weighted by molar-refractivity contribution is -0.137. The molecule has 0 fully saturated rings. The van der Waals surface area contributed by atoms with Gasteiger partial charge >= 0.3 is 11.9 Å². The molecule has 0 unspecified atom stereocenters. The molecule has 5 nitrogen and oxygen atoms in total. The number of hydrogen-bond acceptors (Lipinski definition) is 5. The molecule has 0 bridgehead atoms. The molecule has 0 radical (unpaired) electrons. The van der Waals surface area contributed by atoms with Gasteiger partial charge in [-0.3, -0.25) is 0 Å². The van der Waals surface area contributed by atoms with Crippen molar-refractivity contribution in [3.63, 3.8) is 0 Å². The van der Waals surface area contributed by atoms with Gasteiger partial charge in [0.15, 0.2) is 0 Å². The third-order valence-corrected chi connectivity index (χ3v) is 6.75. The summed E-state index contributed by atoms with van der Waals surface area (Å²) in [5.41, 5.74) is 3.65. The predicted octanol–water partition coefficient (Wildman–Crippen LogP) is 8.49. The molecule has 3 rings (SSSR count). The van der Waals surface area contributed by atoms with Crippen LogP contribution in [-0.4, -0.2) is 25.2 Å². The zero-order chi connectivity index (χ0) is 29.8. The largest absolute Gasteiger partial charge is 0.494 e. The Balaban J connectivity index is 1.37. The fraction of sp³-hybridized carbons (Fsp3) is 0.351. The van der Waals surface area contributed by atoms with E-state index in [-0.39, 0.29) is 5.97 Å². The third-order valence-electron chi connectivity index (χ3n) is 6.75. The van der Waals surface area contributed by atoms with Crippen LogP contribution in [0.15, 0.2) is 85.5 Å². The fourth-order valence-corrected chi connectivity index (χ4v) is 4.27. The number of benzene rings is 3. The van der Waals surface area contributed by atoms with E-state index in [2.05, 4.69) is 49.6 Å². The second-order valence-electron chi connectivity index (χ2n) is 10.2. The maximum atomic E-state index is 12.6. The summed E-state index contributed by atoms with van der Waals surface area (Å²) in [4.78, 5) is 23.6. The van der Waals surface area contributed by atoms with E-state index in [1.165, 1.54) is 43.7 Å². The number of rotatable bonds is 17. The summed E-state index contributed by atoms with van der Waals surface area (Å²) < 4.78 is 16.2. The molecule has 0 spiro atoms. The van der Waals surface area contributed by atoms with E-state index in [4.69, 9.17) is 14.2 Å². The molecule has 0 heterocycles. The van der Waals surface area contributed by atoms with Crippen LogP contribution in [0.25, 0.3) is 0 Å². The standard InChI is InChI=1S/C37H42O5/c1-3-5-6-7-10-13-30-14-16-31(17-15-30)18-19-32-20-24-35(25-21-32)42-37(39)33-22-26-34(27-23-33)40-28-11-8-9-12-29-41-36(38)4-2/h4,14-17,20-27H,2-3,5-13,28-29H2,1H3. The van der Waals surface area contributed by atoms with Gasteiger partial charge in [0.05, 0.1) is 18.8 Å². The number of carbonyl (C=O) groups is 2. The highest BCUT2D eigenvalue weighted by atomic mass is 16.5. The maximum Gasteiger partial charge on any atom is 0.343 e. The van der Waals surface area contributed by atoms with E-state index in [0.717, 1.165) is 43.2 Å². The summed E-state index contributed by atoms with van der Waals surface area (Å²) in [5.74, 6) is 6.74. The number of ether oxygens (including phenoxy) is 3. The van der Waals surface area contributed by atoms with Crippen molar-refractivity contribution in [1.82, 2.24) is 0 Å². The molecule has 220 valence electrons. The first-order chi connectivity index (χ1) is 20.6. The minimum absolute atomic E-state index is 0.385. The summed E-state index contributed by atoms with van der Waals surface area (Å²) in [5, 5.41) is 0. The van der Waals surface area contributed by atoms with Crippen LogP contribution in [0.4, 0.5) is 0 Å². The van der Waals surface area contributed by atoms with Gasteiger partial charge in [-0.2, -0.15) is 0 Å². The van der Waals surface area contributed by atoms with Crippen LogP contribution in [0, 0.1) is 11.8 Å². The first-order valence-corrected chi connectivity index (χ1v) is 15.0. The van der Waals surface area contributed by atoms with Gasteiger partial charge in [-0.25, -0.2) is 9.59 Å². The van der Waals surface area contributed by atoms with Gasteiger partial charge in [0.1, 0.15) is 11.5 Å². The van der Waals surface area contributed by atoms with Gasteiger partial charge in [0.2, 0.25) is 0 Å². The average Bonchev–Trinajstić information content (AvgIpc) is 3.02. The summed E-state index contributed by atoms with van der Waals surface area (Å²) in [7, 11) is 0. The number of unbranched alkanes of at least 4 members (excludes halogenated alkanes) is 7. The zero-order valence-electron chi connectivity index (χ0n) is 24.7. The Morgan fingerprint density at radius 2 is 1.26 bits per heavy atom. The number of esters is 2. The van der Waals surface area contributed by atoms with Crippen molar-refractivity contribution in [2.24, 2.45) is 0 Å². The highest BCUT2D eigenvalue weighted by molar-refractivity contribution is 5.91. The van der Waals surface area contributed by atoms with Crippen molar-refractivity contribution in [3.8, 4) is 23.3 Å². The molecule has 0 aliphatic heterocycles. The van der Waals surface area contributed by atoms with E-state index in [9.17, 15) is 9.59 Å². The van der Waals surface area contributed by atoms with Crippen LogP contribution in [0.1, 0.15) is 91.8 Å². The van der Waals surface area contributed by atoms with E-state index in [0.29, 0.717) is 30.3 Å². The van der Waals surface area contributed by atoms with Crippen LogP contribution in [-0.2, 0) is 16.0 Å². The Bertz CT molecular complexity index is 1300. The first kappa shape index (κ1) is 32.2. The maximum absolute atomic E-state index is 12.6. The van der Waals surface area contributed by atoms with Crippen molar-refractivity contribution in [3.05, 3.63) is 108 Å². The Hall–Kier alpha value is -4.30. The van der Waals surface area contributed by atoms with Crippen LogP contribution in [0.3, 0.4) is 0 Å². The summed E-state index contributed by atoms with van der Waals surface area (Å²) in [6, 6.07) is 22.6. The van der Waals surface area contributed by atoms with Gasteiger partial charge in [-0.1, -0.05) is 63.2 Å². The molecule has 42 heavy (non-hydrogen) atoms. The summed E-state index contributed by atoms with van der Waals surface area (Å²) in [6.07, 6.45) is 12.4. The smallest absolute Gasteiger partial charge is 0.343 e. The lowest BCUT2D eigenvalue weighted by Gasteiger charge is -2.08. The van der Waals surface area contributed by atoms with Gasteiger partial charge in [-0.15, -0.1) is 0 Å². The molecule has 0 aliphatic rings. The lowest BCUT2D eigenvalue weighted by Crippen LogP contribution is -2.08. The van der Waals surface area contributed by atoms with Crippen molar-refractivity contribution in [1.29, 1.82) is 0 Å². The Morgan fingerprint density at radius 3 is 1.90 bits per heavy atom. The molecular weight excluding hydrogens is 524 g/mol. The third kappa shape index (κ3) is 12.5. The monoisotopic (exact) mass is 566 g/mol. The quantitative estimate of drug-likeness (QED) is 0.0539. The normalized spacial score (nSPS) is 10.3. The lowest BCUT2D eigenvalue weighted by atomic mass is 10.0. The van der Waals surface area contributed by atoms with Crippen molar-refractivity contribution in [2.75, 3.05) is 13.2 Å². The van der Waals surface area contributed by atoms with Gasteiger partial charge in [0, 0.05) is 17.2 Å². The zero-order valence-corrected chi connectivity index (χ0v) is 24.7. The summed E-state index contributed by atoms with van der Waals surface area (Å²) >= 11 is 0.